The Kier molecular flexibility index (Phi) is 2.93. The highest BCUT2D eigenvalue weighted by atomic mass is 16.5. The zero-order valence-corrected chi connectivity index (χ0v) is 11.8. The van der Waals surface area contributed by atoms with Gasteiger partial charge in [0.25, 0.3) is 0 Å². The average molecular weight is 280 g/mol. The Morgan fingerprint density at radius 1 is 1.24 bits per heavy atom. The van der Waals surface area contributed by atoms with E-state index in [0.717, 1.165) is 36.1 Å². The summed E-state index contributed by atoms with van der Waals surface area (Å²) in [5.41, 5.74) is 2.90. The molecule has 1 saturated heterocycles. The summed E-state index contributed by atoms with van der Waals surface area (Å²) in [5, 5.41) is 8.57. The number of aryl methyl sites for hydroxylation is 1. The minimum absolute atomic E-state index is 0.327. The van der Waals surface area contributed by atoms with Crippen LogP contribution in [-0.4, -0.2) is 28.2 Å². The fourth-order valence-electron chi connectivity index (χ4n) is 2.83. The SMILES string of the molecule is Cc1cc(-c2noc(C3CCNC3)n2)nc2ccccc12. The Bertz CT molecular complexity index is 790. The summed E-state index contributed by atoms with van der Waals surface area (Å²) in [6.07, 6.45) is 1.05. The zero-order valence-electron chi connectivity index (χ0n) is 11.8. The van der Waals surface area contributed by atoms with Crippen LogP contribution in [0.2, 0.25) is 0 Å². The summed E-state index contributed by atoms with van der Waals surface area (Å²) in [7, 11) is 0. The van der Waals surface area contributed by atoms with E-state index in [-0.39, 0.29) is 0 Å². The van der Waals surface area contributed by atoms with Crippen molar-refractivity contribution in [1.82, 2.24) is 20.4 Å². The third-order valence-corrected chi connectivity index (χ3v) is 4.00. The molecule has 5 heteroatoms. The van der Waals surface area contributed by atoms with Crippen LogP contribution in [0, 0.1) is 6.92 Å². The minimum Gasteiger partial charge on any atom is -0.339 e. The molecule has 0 amide bonds. The van der Waals surface area contributed by atoms with E-state index in [2.05, 4.69) is 33.4 Å². The third-order valence-electron chi connectivity index (χ3n) is 4.00. The van der Waals surface area contributed by atoms with Gasteiger partial charge in [-0.05, 0) is 37.6 Å². The molecule has 2 aromatic heterocycles. The van der Waals surface area contributed by atoms with E-state index in [9.17, 15) is 0 Å². The van der Waals surface area contributed by atoms with Crippen molar-refractivity contribution < 1.29 is 4.52 Å². The van der Waals surface area contributed by atoms with Crippen molar-refractivity contribution in [3.63, 3.8) is 0 Å². The molecule has 1 atom stereocenters. The van der Waals surface area contributed by atoms with Gasteiger partial charge in [0.1, 0.15) is 5.69 Å². The van der Waals surface area contributed by atoms with Gasteiger partial charge in [-0.15, -0.1) is 0 Å². The van der Waals surface area contributed by atoms with E-state index >= 15 is 0 Å². The van der Waals surface area contributed by atoms with Gasteiger partial charge in [0.15, 0.2) is 0 Å². The molecular formula is C16H16N4O. The molecule has 1 aliphatic heterocycles. The first-order chi connectivity index (χ1) is 10.3. The summed E-state index contributed by atoms with van der Waals surface area (Å²) in [5.74, 6) is 1.61. The fourth-order valence-corrected chi connectivity index (χ4v) is 2.83. The third kappa shape index (κ3) is 2.19. The van der Waals surface area contributed by atoms with Crippen molar-refractivity contribution in [3.05, 3.63) is 41.8 Å². The predicted molar refractivity (Wildman–Crippen MR) is 80.0 cm³/mol. The van der Waals surface area contributed by atoms with E-state index < -0.39 is 0 Å². The molecule has 0 bridgehead atoms. The maximum atomic E-state index is 5.41. The summed E-state index contributed by atoms with van der Waals surface area (Å²) in [6, 6.07) is 10.1. The van der Waals surface area contributed by atoms with Crippen molar-refractivity contribution in [2.75, 3.05) is 13.1 Å². The van der Waals surface area contributed by atoms with Crippen LogP contribution in [-0.2, 0) is 0 Å². The van der Waals surface area contributed by atoms with E-state index in [1.54, 1.807) is 0 Å². The number of nitrogens with one attached hydrogen (secondary N) is 1. The number of hydrogen-bond donors (Lipinski definition) is 1. The highest BCUT2D eigenvalue weighted by molar-refractivity contribution is 5.84. The molecule has 1 aliphatic rings. The molecule has 0 spiro atoms. The molecule has 5 nitrogen and oxygen atoms in total. The van der Waals surface area contributed by atoms with Gasteiger partial charge in [-0.1, -0.05) is 23.4 Å². The molecular weight excluding hydrogens is 264 g/mol. The van der Waals surface area contributed by atoms with Crippen LogP contribution < -0.4 is 5.32 Å². The number of hydrogen-bond acceptors (Lipinski definition) is 5. The van der Waals surface area contributed by atoms with Gasteiger partial charge in [-0.3, -0.25) is 0 Å². The summed E-state index contributed by atoms with van der Waals surface area (Å²) < 4.78 is 5.41. The largest absolute Gasteiger partial charge is 0.339 e. The lowest BCUT2D eigenvalue weighted by Gasteiger charge is -2.03. The van der Waals surface area contributed by atoms with Crippen molar-refractivity contribution in [3.8, 4) is 11.5 Å². The molecule has 0 radical (unpaired) electrons. The monoisotopic (exact) mass is 280 g/mol. The van der Waals surface area contributed by atoms with Crippen molar-refractivity contribution in [2.45, 2.75) is 19.3 Å². The second-order valence-electron chi connectivity index (χ2n) is 5.49. The molecule has 21 heavy (non-hydrogen) atoms. The number of aromatic nitrogens is 3. The van der Waals surface area contributed by atoms with Gasteiger partial charge in [0.05, 0.1) is 11.4 Å². The number of rotatable bonds is 2. The highest BCUT2D eigenvalue weighted by Crippen LogP contribution is 2.25. The average Bonchev–Trinajstić information content (AvgIpc) is 3.18. The number of nitrogens with zero attached hydrogens (tertiary/aromatic N) is 3. The van der Waals surface area contributed by atoms with Gasteiger partial charge >= 0.3 is 0 Å². The van der Waals surface area contributed by atoms with E-state index in [0.29, 0.717) is 17.6 Å². The van der Waals surface area contributed by atoms with E-state index in [4.69, 9.17) is 4.52 Å². The van der Waals surface area contributed by atoms with Crippen LogP contribution in [0.15, 0.2) is 34.9 Å². The van der Waals surface area contributed by atoms with Gasteiger partial charge in [-0.25, -0.2) is 4.98 Å². The molecule has 3 aromatic rings. The van der Waals surface area contributed by atoms with Crippen molar-refractivity contribution in [1.29, 1.82) is 0 Å². The maximum absolute atomic E-state index is 5.41. The van der Waals surface area contributed by atoms with Crippen molar-refractivity contribution in [2.24, 2.45) is 0 Å². The molecule has 3 heterocycles. The molecule has 1 N–H and O–H groups in total. The Morgan fingerprint density at radius 2 is 2.14 bits per heavy atom. The number of fused-ring (bicyclic) bond motifs is 1. The molecule has 0 saturated carbocycles. The predicted octanol–water partition coefficient (Wildman–Crippen LogP) is 2.67. The van der Waals surface area contributed by atoms with Crippen LogP contribution >= 0.6 is 0 Å². The number of pyridine rings is 1. The van der Waals surface area contributed by atoms with E-state index in [1.807, 2.05) is 24.3 Å². The first-order valence-electron chi connectivity index (χ1n) is 7.22. The quantitative estimate of drug-likeness (QED) is 0.782. The molecule has 1 unspecified atom stereocenters. The lowest BCUT2D eigenvalue weighted by atomic mass is 10.1. The number of benzene rings is 1. The first-order valence-corrected chi connectivity index (χ1v) is 7.22. The second kappa shape index (κ2) is 4.93. The summed E-state index contributed by atoms with van der Waals surface area (Å²) >= 11 is 0. The van der Waals surface area contributed by atoms with Crippen LogP contribution in [0.1, 0.15) is 23.8 Å². The molecule has 1 aromatic carbocycles. The smallest absolute Gasteiger partial charge is 0.231 e. The van der Waals surface area contributed by atoms with Crippen LogP contribution in [0.3, 0.4) is 0 Å². The standard InChI is InChI=1S/C16H16N4O/c1-10-8-14(18-13-5-3-2-4-12(10)13)15-19-16(21-20-15)11-6-7-17-9-11/h2-5,8,11,17H,6-7,9H2,1H3. The number of para-hydroxylation sites is 1. The molecule has 4 rings (SSSR count). The van der Waals surface area contributed by atoms with E-state index in [1.165, 1.54) is 5.56 Å². The molecule has 0 aliphatic carbocycles. The zero-order chi connectivity index (χ0) is 14.2. The Balaban J connectivity index is 1.76. The molecule has 1 fully saturated rings. The first kappa shape index (κ1) is 12.5. The van der Waals surface area contributed by atoms with Crippen LogP contribution in [0.5, 0.6) is 0 Å². The summed E-state index contributed by atoms with van der Waals surface area (Å²) in [4.78, 5) is 9.18. The molecule has 106 valence electrons. The van der Waals surface area contributed by atoms with Crippen molar-refractivity contribution >= 4 is 10.9 Å². The van der Waals surface area contributed by atoms with Gasteiger partial charge in [0, 0.05) is 11.9 Å². The Hall–Kier alpha value is -2.27. The topological polar surface area (TPSA) is 63.8 Å². The lowest BCUT2D eigenvalue weighted by molar-refractivity contribution is 0.359. The normalized spacial score (nSPS) is 18.4. The maximum Gasteiger partial charge on any atom is 0.231 e. The van der Waals surface area contributed by atoms with Crippen LogP contribution in [0.4, 0.5) is 0 Å². The van der Waals surface area contributed by atoms with Crippen LogP contribution in [0.25, 0.3) is 22.4 Å². The lowest BCUT2D eigenvalue weighted by Crippen LogP contribution is -2.08. The fraction of sp³-hybridized carbons (Fsp3) is 0.312. The highest BCUT2D eigenvalue weighted by Gasteiger charge is 2.23. The van der Waals surface area contributed by atoms with Gasteiger partial charge < -0.3 is 9.84 Å². The Labute approximate surface area is 122 Å². The summed E-state index contributed by atoms with van der Waals surface area (Å²) in [6.45, 7) is 4.00. The van der Waals surface area contributed by atoms with Gasteiger partial charge in [0.2, 0.25) is 11.7 Å². The Morgan fingerprint density at radius 3 is 3.00 bits per heavy atom. The second-order valence-corrected chi connectivity index (χ2v) is 5.49. The van der Waals surface area contributed by atoms with Gasteiger partial charge in [-0.2, -0.15) is 4.98 Å². The minimum atomic E-state index is 0.327.